The molecule has 25 heavy (non-hydrogen) atoms. The second-order valence-corrected chi connectivity index (χ2v) is 6.33. The zero-order valence-corrected chi connectivity index (χ0v) is 14.6. The second kappa shape index (κ2) is 6.99. The quantitative estimate of drug-likeness (QED) is 0.781. The van der Waals surface area contributed by atoms with E-state index in [0.717, 1.165) is 11.1 Å². The van der Waals surface area contributed by atoms with Crippen molar-refractivity contribution in [2.45, 2.75) is 19.9 Å². The Morgan fingerprint density at radius 1 is 1.12 bits per heavy atom. The van der Waals surface area contributed by atoms with Crippen LogP contribution < -0.4 is 16.0 Å². The van der Waals surface area contributed by atoms with Crippen LogP contribution in [0.3, 0.4) is 0 Å². The van der Waals surface area contributed by atoms with Crippen molar-refractivity contribution >= 4 is 29.2 Å². The van der Waals surface area contributed by atoms with Crippen LogP contribution in [0.5, 0.6) is 0 Å². The molecule has 0 bridgehead atoms. The molecule has 0 aromatic heterocycles. The number of allylic oxidation sites excluding steroid dienone is 1. The van der Waals surface area contributed by atoms with E-state index in [1.165, 1.54) is 0 Å². The van der Waals surface area contributed by atoms with Crippen molar-refractivity contribution in [3.05, 3.63) is 76.0 Å². The minimum Gasteiger partial charge on any atom is -0.327 e. The van der Waals surface area contributed by atoms with Crippen molar-refractivity contribution in [1.29, 1.82) is 0 Å². The first-order valence-corrected chi connectivity index (χ1v) is 8.24. The first kappa shape index (κ1) is 17.0. The maximum atomic E-state index is 12.9. The van der Waals surface area contributed by atoms with Crippen molar-refractivity contribution in [2.75, 3.05) is 5.32 Å². The van der Waals surface area contributed by atoms with Crippen LogP contribution in [0.4, 0.5) is 10.5 Å². The Morgan fingerprint density at radius 3 is 2.56 bits per heavy atom. The van der Waals surface area contributed by atoms with Crippen molar-refractivity contribution < 1.29 is 9.59 Å². The summed E-state index contributed by atoms with van der Waals surface area (Å²) in [6.45, 7) is 3.61. The topological polar surface area (TPSA) is 70.2 Å². The predicted octanol–water partition coefficient (Wildman–Crippen LogP) is 3.92. The third kappa shape index (κ3) is 3.67. The van der Waals surface area contributed by atoms with Gasteiger partial charge in [-0.3, -0.25) is 4.79 Å². The fraction of sp³-hybridized carbons (Fsp3) is 0.158. The molecule has 3 amide bonds. The lowest BCUT2D eigenvalue weighted by Crippen LogP contribution is -2.46. The number of amides is 3. The van der Waals surface area contributed by atoms with Crippen molar-refractivity contribution in [1.82, 2.24) is 10.6 Å². The highest BCUT2D eigenvalue weighted by Gasteiger charge is 2.31. The standard InChI is InChI=1S/C19H18ClN3O2/c1-11-8-9-14(20)10-15(11)22-18(24)16-12(2)21-19(25)23-17(16)13-6-4-3-5-7-13/h3-10,17H,1-2H3,(H,22,24)(H2,21,23,25)/t17-/m1/s1. The van der Waals surface area contributed by atoms with E-state index in [1.54, 1.807) is 19.1 Å². The molecule has 3 rings (SSSR count). The molecule has 1 heterocycles. The Balaban J connectivity index is 1.96. The van der Waals surface area contributed by atoms with E-state index in [1.807, 2.05) is 43.3 Å². The number of hydrogen-bond acceptors (Lipinski definition) is 2. The minimum atomic E-state index is -0.519. The van der Waals surface area contributed by atoms with Crippen LogP contribution in [-0.2, 0) is 4.79 Å². The van der Waals surface area contributed by atoms with E-state index in [4.69, 9.17) is 11.6 Å². The van der Waals surface area contributed by atoms with Crippen LogP contribution in [0, 0.1) is 6.92 Å². The number of carbonyl (C=O) groups excluding carboxylic acids is 2. The minimum absolute atomic E-state index is 0.288. The summed E-state index contributed by atoms with van der Waals surface area (Å²) in [6.07, 6.45) is 0. The molecule has 2 aromatic carbocycles. The first-order valence-electron chi connectivity index (χ1n) is 7.86. The molecule has 1 atom stereocenters. The lowest BCUT2D eigenvalue weighted by molar-refractivity contribution is -0.113. The Kier molecular flexibility index (Phi) is 4.76. The molecule has 128 valence electrons. The second-order valence-electron chi connectivity index (χ2n) is 5.89. The predicted molar refractivity (Wildman–Crippen MR) is 98.4 cm³/mol. The molecule has 1 aliphatic rings. The zero-order chi connectivity index (χ0) is 18.0. The molecule has 3 N–H and O–H groups in total. The van der Waals surface area contributed by atoms with E-state index in [-0.39, 0.29) is 11.9 Å². The largest absolute Gasteiger partial charge is 0.327 e. The highest BCUT2D eigenvalue weighted by Crippen LogP contribution is 2.28. The molecule has 0 radical (unpaired) electrons. The molecule has 0 saturated heterocycles. The van der Waals surface area contributed by atoms with E-state index < -0.39 is 6.04 Å². The van der Waals surface area contributed by atoms with Crippen molar-refractivity contribution in [3.63, 3.8) is 0 Å². The van der Waals surface area contributed by atoms with Crippen LogP contribution in [0.1, 0.15) is 24.1 Å². The number of rotatable bonds is 3. The third-order valence-corrected chi connectivity index (χ3v) is 4.33. The number of hydrogen-bond donors (Lipinski definition) is 3. The van der Waals surface area contributed by atoms with Gasteiger partial charge in [-0.1, -0.05) is 48.0 Å². The smallest absolute Gasteiger partial charge is 0.319 e. The Labute approximate surface area is 151 Å². The number of halogens is 1. The average Bonchev–Trinajstić information content (AvgIpc) is 2.58. The number of benzene rings is 2. The van der Waals surface area contributed by atoms with Gasteiger partial charge >= 0.3 is 6.03 Å². The van der Waals surface area contributed by atoms with Gasteiger partial charge in [0.25, 0.3) is 5.91 Å². The first-order chi connectivity index (χ1) is 12.0. The van der Waals surface area contributed by atoms with Gasteiger partial charge in [0.2, 0.25) is 0 Å². The summed E-state index contributed by atoms with van der Waals surface area (Å²) in [5.41, 5.74) is 3.37. The van der Waals surface area contributed by atoms with E-state index in [0.29, 0.717) is 22.0 Å². The van der Waals surface area contributed by atoms with E-state index in [9.17, 15) is 9.59 Å². The van der Waals surface area contributed by atoms with Gasteiger partial charge in [-0.15, -0.1) is 0 Å². The SMILES string of the molecule is CC1=C(C(=O)Nc2cc(Cl)ccc2C)[C@@H](c2ccccc2)NC(=O)N1. The number of aryl methyl sites for hydroxylation is 1. The maximum Gasteiger partial charge on any atom is 0.319 e. The third-order valence-electron chi connectivity index (χ3n) is 4.09. The molecule has 5 nitrogen and oxygen atoms in total. The molecule has 1 aliphatic heterocycles. The molecule has 2 aromatic rings. The van der Waals surface area contributed by atoms with Crippen LogP contribution in [0.25, 0.3) is 0 Å². The number of nitrogens with one attached hydrogen (secondary N) is 3. The summed E-state index contributed by atoms with van der Waals surface area (Å²) in [5, 5.41) is 8.91. The van der Waals surface area contributed by atoms with Gasteiger partial charge in [0.15, 0.2) is 0 Å². The molecule has 0 aliphatic carbocycles. The fourth-order valence-corrected chi connectivity index (χ4v) is 2.98. The van der Waals surface area contributed by atoms with Crippen molar-refractivity contribution in [3.8, 4) is 0 Å². The van der Waals surface area contributed by atoms with Gasteiger partial charge in [-0.2, -0.15) is 0 Å². The summed E-state index contributed by atoms with van der Waals surface area (Å²) >= 11 is 6.03. The van der Waals surface area contributed by atoms with E-state index in [2.05, 4.69) is 16.0 Å². The monoisotopic (exact) mass is 355 g/mol. The highest BCUT2D eigenvalue weighted by molar-refractivity contribution is 6.31. The molecule has 0 fully saturated rings. The number of carbonyl (C=O) groups is 2. The average molecular weight is 356 g/mol. The summed E-state index contributed by atoms with van der Waals surface area (Å²) in [5.74, 6) is -0.288. The Morgan fingerprint density at radius 2 is 1.84 bits per heavy atom. The van der Waals surface area contributed by atoms with Gasteiger partial charge in [-0.25, -0.2) is 4.79 Å². The Hall–Kier alpha value is -2.79. The van der Waals surface area contributed by atoms with Crippen LogP contribution >= 0.6 is 11.6 Å². The lowest BCUT2D eigenvalue weighted by Gasteiger charge is -2.28. The summed E-state index contributed by atoms with van der Waals surface area (Å²) < 4.78 is 0. The summed E-state index contributed by atoms with van der Waals surface area (Å²) in [4.78, 5) is 24.8. The van der Waals surface area contributed by atoms with Crippen LogP contribution in [0.15, 0.2) is 59.8 Å². The summed E-state index contributed by atoms with van der Waals surface area (Å²) in [7, 11) is 0. The highest BCUT2D eigenvalue weighted by atomic mass is 35.5. The fourth-order valence-electron chi connectivity index (χ4n) is 2.81. The summed E-state index contributed by atoms with van der Waals surface area (Å²) in [6, 6.07) is 13.8. The van der Waals surface area contributed by atoms with Gasteiger partial charge in [0, 0.05) is 16.4 Å². The number of urea groups is 1. The lowest BCUT2D eigenvalue weighted by atomic mass is 9.95. The molecular weight excluding hydrogens is 338 g/mol. The van der Waals surface area contributed by atoms with Crippen LogP contribution in [0.2, 0.25) is 5.02 Å². The van der Waals surface area contributed by atoms with Gasteiger partial charge in [0.05, 0.1) is 11.6 Å². The van der Waals surface area contributed by atoms with E-state index >= 15 is 0 Å². The van der Waals surface area contributed by atoms with Gasteiger partial charge in [0.1, 0.15) is 0 Å². The molecule has 6 heteroatoms. The molecule has 0 saturated carbocycles. The normalized spacial score (nSPS) is 16.9. The zero-order valence-electron chi connectivity index (χ0n) is 13.9. The Bertz CT molecular complexity index is 862. The van der Waals surface area contributed by atoms with Gasteiger partial charge in [-0.05, 0) is 37.1 Å². The molecule has 0 unspecified atom stereocenters. The van der Waals surface area contributed by atoms with Crippen LogP contribution in [-0.4, -0.2) is 11.9 Å². The van der Waals surface area contributed by atoms with Gasteiger partial charge < -0.3 is 16.0 Å². The molecular formula is C19H18ClN3O2. The number of anilines is 1. The molecule has 0 spiro atoms. The maximum absolute atomic E-state index is 12.9. The van der Waals surface area contributed by atoms with Crippen molar-refractivity contribution in [2.24, 2.45) is 0 Å².